The van der Waals surface area contributed by atoms with Crippen LogP contribution in [0.25, 0.3) is 0 Å². The van der Waals surface area contributed by atoms with Crippen molar-refractivity contribution in [2.24, 2.45) is 4.99 Å². The monoisotopic (exact) mass is 530 g/mol. The summed E-state index contributed by atoms with van der Waals surface area (Å²) in [5, 5.41) is 16.2. The van der Waals surface area contributed by atoms with Crippen LogP contribution in [0.1, 0.15) is 49.8 Å². The van der Waals surface area contributed by atoms with Gasteiger partial charge in [0.15, 0.2) is 5.96 Å². The summed E-state index contributed by atoms with van der Waals surface area (Å²) in [7, 11) is 0. The first-order valence-corrected chi connectivity index (χ1v) is 10.3. The van der Waals surface area contributed by atoms with Crippen molar-refractivity contribution in [3.63, 3.8) is 0 Å². The van der Waals surface area contributed by atoms with E-state index in [0.717, 1.165) is 23.6 Å². The summed E-state index contributed by atoms with van der Waals surface area (Å²) in [4.78, 5) is 6.58. The van der Waals surface area contributed by atoms with Crippen molar-refractivity contribution in [3.8, 4) is 0 Å². The van der Waals surface area contributed by atoms with Crippen LogP contribution < -0.4 is 15.5 Å². The Hall–Kier alpha value is -1.81. The van der Waals surface area contributed by atoms with Crippen molar-refractivity contribution in [1.29, 1.82) is 0 Å². The minimum atomic E-state index is -0.271. The quantitative estimate of drug-likeness (QED) is 0.298. The van der Waals surface area contributed by atoms with E-state index in [1.807, 2.05) is 49.9 Å². The molecule has 1 atom stereocenters. The Morgan fingerprint density at radius 1 is 1.30 bits per heavy atom. The van der Waals surface area contributed by atoms with Gasteiger partial charge in [0.05, 0.1) is 24.4 Å². The lowest BCUT2D eigenvalue weighted by atomic mass is 10.1. The number of halogens is 2. The fourth-order valence-corrected chi connectivity index (χ4v) is 3.46. The van der Waals surface area contributed by atoms with Crippen LogP contribution in [0.3, 0.4) is 0 Å². The molecular formula is C22H32FIN4O2. The Balaban J connectivity index is 0.00000320. The minimum absolute atomic E-state index is 0. The number of anilines is 1. The third kappa shape index (κ3) is 6.60. The molecule has 0 saturated carbocycles. The molecule has 0 amide bonds. The number of aliphatic hydroxyl groups is 1. The summed E-state index contributed by atoms with van der Waals surface area (Å²) in [6.45, 7) is 8.37. The number of nitrogens with one attached hydrogen (secondary N) is 2. The number of hydrogen-bond acceptors (Lipinski definition) is 4. The second-order valence-corrected chi connectivity index (χ2v) is 7.51. The van der Waals surface area contributed by atoms with Gasteiger partial charge in [-0.15, -0.1) is 24.0 Å². The van der Waals surface area contributed by atoms with Gasteiger partial charge in [0.25, 0.3) is 0 Å². The Kier molecular flexibility index (Phi) is 9.41. The Bertz CT molecular complexity index is 834. The number of aliphatic hydroxyl groups excluding tert-OH is 1. The van der Waals surface area contributed by atoms with E-state index in [-0.39, 0.29) is 41.9 Å². The van der Waals surface area contributed by atoms with Crippen LogP contribution in [-0.4, -0.2) is 36.8 Å². The molecule has 0 radical (unpaired) electrons. The lowest BCUT2D eigenvalue weighted by Gasteiger charge is -2.31. The molecule has 166 valence electrons. The summed E-state index contributed by atoms with van der Waals surface area (Å²) in [6, 6.07) is 9.12. The van der Waals surface area contributed by atoms with Crippen molar-refractivity contribution < 1.29 is 13.9 Å². The van der Waals surface area contributed by atoms with E-state index in [2.05, 4.69) is 15.6 Å². The third-order valence-corrected chi connectivity index (χ3v) is 5.12. The summed E-state index contributed by atoms with van der Waals surface area (Å²) >= 11 is 0. The number of aryl methyl sites for hydroxylation is 1. The predicted molar refractivity (Wildman–Crippen MR) is 129 cm³/mol. The normalized spacial score (nSPS) is 16.2. The molecule has 0 spiro atoms. The van der Waals surface area contributed by atoms with Crippen LogP contribution in [0.5, 0.6) is 0 Å². The zero-order valence-corrected chi connectivity index (χ0v) is 20.2. The van der Waals surface area contributed by atoms with E-state index in [1.54, 1.807) is 6.07 Å². The first kappa shape index (κ1) is 24.5. The van der Waals surface area contributed by atoms with Crippen LogP contribution in [0.2, 0.25) is 0 Å². The van der Waals surface area contributed by atoms with Crippen LogP contribution in [0, 0.1) is 12.7 Å². The molecule has 0 bridgehead atoms. The fourth-order valence-electron chi connectivity index (χ4n) is 3.46. The molecule has 6 nitrogen and oxygen atoms in total. The van der Waals surface area contributed by atoms with Gasteiger partial charge in [0.2, 0.25) is 0 Å². The summed E-state index contributed by atoms with van der Waals surface area (Å²) in [5.41, 5.74) is 1.40. The van der Waals surface area contributed by atoms with E-state index in [0.29, 0.717) is 44.1 Å². The highest BCUT2D eigenvalue weighted by molar-refractivity contribution is 14.0. The van der Waals surface area contributed by atoms with Gasteiger partial charge in [0, 0.05) is 19.6 Å². The number of benzene rings is 1. The van der Waals surface area contributed by atoms with Crippen molar-refractivity contribution in [1.82, 2.24) is 10.6 Å². The zero-order chi connectivity index (χ0) is 20.8. The first-order valence-electron chi connectivity index (χ1n) is 10.3. The van der Waals surface area contributed by atoms with Gasteiger partial charge < -0.3 is 25.1 Å². The van der Waals surface area contributed by atoms with Crippen molar-refractivity contribution in [2.45, 2.75) is 52.3 Å². The lowest BCUT2D eigenvalue weighted by molar-refractivity contribution is 0.145. The minimum Gasteiger partial charge on any atom is -0.464 e. The highest BCUT2D eigenvalue weighted by Crippen LogP contribution is 2.24. The molecule has 3 rings (SSSR count). The molecule has 1 aromatic carbocycles. The molecule has 2 aromatic rings. The van der Waals surface area contributed by atoms with E-state index >= 15 is 0 Å². The van der Waals surface area contributed by atoms with Crippen LogP contribution in [0.15, 0.2) is 39.7 Å². The molecule has 30 heavy (non-hydrogen) atoms. The maximum Gasteiger partial charge on any atom is 0.192 e. The van der Waals surface area contributed by atoms with Crippen molar-refractivity contribution >= 4 is 35.6 Å². The first-order chi connectivity index (χ1) is 14.0. The summed E-state index contributed by atoms with van der Waals surface area (Å²) in [5.74, 6) is 2.12. The average Bonchev–Trinajstić information content (AvgIpc) is 3.14. The number of aliphatic imine (C=N–C) groups is 1. The van der Waals surface area contributed by atoms with Gasteiger partial charge in [0.1, 0.15) is 17.3 Å². The van der Waals surface area contributed by atoms with E-state index < -0.39 is 0 Å². The maximum atomic E-state index is 14.6. The standard InChI is InChI=1S/C22H31FN4O2.HI/c1-4-24-22(26-16(3)21-8-5-15(2)29-21)25-14-17-6-7-20(19(23)13-17)27-11-9-18(28)10-12-27;/h5-8,13,16,18,28H,4,9-12,14H2,1-3H3,(H2,24,25,26);1H. The second-order valence-electron chi connectivity index (χ2n) is 7.51. The van der Waals surface area contributed by atoms with Gasteiger partial charge in [-0.1, -0.05) is 6.07 Å². The predicted octanol–water partition coefficient (Wildman–Crippen LogP) is 4.12. The molecule has 1 fully saturated rings. The molecule has 0 aliphatic carbocycles. The van der Waals surface area contributed by atoms with Gasteiger partial charge >= 0.3 is 0 Å². The van der Waals surface area contributed by atoms with Crippen LogP contribution in [-0.2, 0) is 6.54 Å². The molecule has 1 aliphatic heterocycles. The lowest BCUT2D eigenvalue weighted by Crippen LogP contribution is -2.38. The molecular weight excluding hydrogens is 498 g/mol. The van der Waals surface area contributed by atoms with Gasteiger partial charge in [-0.05, 0) is 63.4 Å². The van der Waals surface area contributed by atoms with E-state index in [9.17, 15) is 9.50 Å². The van der Waals surface area contributed by atoms with Crippen molar-refractivity contribution in [2.75, 3.05) is 24.5 Å². The average molecular weight is 530 g/mol. The molecule has 3 N–H and O–H groups in total. The second kappa shape index (κ2) is 11.5. The highest BCUT2D eigenvalue weighted by atomic mass is 127. The van der Waals surface area contributed by atoms with Gasteiger partial charge in [-0.2, -0.15) is 0 Å². The number of hydrogen-bond donors (Lipinski definition) is 3. The number of guanidine groups is 1. The fraction of sp³-hybridized carbons (Fsp3) is 0.500. The Labute approximate surface area is 195 Å². The Morgan fingerprint density at radius 2 is 2.03 bits per heavy atom. The van der Waals surface area contributed by atoms with E-state index in [4.69, 9.17) is 4.42 Å². The largest absolute Gasteiger partial charge is 0.464 e. The number of piperidine rings is 1. The Morgan fingerprint density at radius 3 is 2.63 bits per heavy atom. The summed E-state index contributed by atoms with van der Waals surface area (Å²) < 4.78 is 20.3. The third-order valence-electron chi connectivity index (χ3n) is 5.12. The van der Waals surface area contributed by atoms with Crippen LogP contribution >= 0.6 is 24.0 Å². The SMILES string of the molecule is CCNC(=NCc1ccc(N2CCC(O)CC2)c(F)c1)NC(C)c1ccc(C)o1.I. The van der Waals surface area contributed by atoms with Crippen LogP contribution in [0.4, 0.5) is 10.1 Å². The molecule has 1 saturated heterocycles. The smallest absolute Gasteiger partial charge is 0.192 e. The number of nitrogens with zero attached hydrogens (tertiary/aromatic N) is 2. The summed E-state index contributed by atoms with van der Waals surface area (Å²) in [6.07, 6.45) is 1.08. The zero-order valence-electron chi connectivity index (χ0n) is 17.8. The highest BCUT2D eigenvalue weighted by Gasteiger charge is 2.19. The number of furan rings is 1. The number of rotatable bonds is 6. The molecule has 2 heterocycles. The molecule has 1 unspecified atom stereocenters. The molecule has 1 aliphatic rings. The van der Waals surface area contributed by atoms with Gasteiger partial charge in [-0.3, -0.25) is 0 Å². The topological polar surface area (TPSA) is 73.0 Å². The van der Waals surface area contributed by atoms with E-state index in [1.165, 1.54) is 0 Å². The van der Waals surface area contributed by atoms with Gasteiger partial charge in [-0.25, -0.2) is 9.38 Å². The maximum absolute atomic E-state index is 14.6. The molecule has 8 heteroatoms. The molecule has 1 aromatic heterocycles. The van der Waals surface area contributed by atoms with Crippen molar-refractivity contribution in [3.05, 3.63) is 53.2 Å².